The van der Waals surface area contributed by atoms with Crippen LogP contribution in [-0.2, 0) is 19.3 Å². The van der Waals surface area contributed by atoms with Gasteiger partial charge >= 0.3 is 0 Å². The van der Waals surface area contributed by atoms with Crippen molar-refractivity contribution in [2.75, 3.05) is 18.9 Å². The van der Waals surface area contributed by atoms with E-state index < -0.39 is 0 Å². The number of nitrogens with two attached hydrogens (primary N) is 1. The minimum Gasteiger partial charge on any atom is -0.493 e. The summed E-state index contributed by atoms with van der Waals surface area (Å²) in [7, 11) is 0. The van der Waals surface area contributed by atoms with E-state index in [4.69, 9.17) is 15.5 Å². The fourth-order valence-corrected chi connectivity index (χ4v) is 4.57. The zero-order chi connectivity index (χ0) is 24.5. The van der Waals surface area contributed by atoms with Gasteiger partial charge in [0.2, 0.25) is 5.95 Å². The standard InChI is InChI=1S/C26H24N8O2/c27-26-30-6-4-20(34-26)17-9-23-22(31-11-17)10-21(33-23)18-8-16-7-15(1-2-24(16)36-13-18)25(35)29-5-3-19-12-28-14-32-19/h1-2,4,6-7,9,11-12,14,18H,3,5,8,10,13H2,(H,28,32)(H,29,35)(H2,27,30,34). The van der Waals surface area contributed by atoms with Crippen molar-refractivity contribution in [1.29, 1.82) is 0 Å². The highest BCUT2D eigenvalue weighted by atomic mass is 16.5. The number of aliphatic imine (C=N–C) groups is 1. The number of hydrogen-bond donors (Lipinski definition) is 3. The summed E-state index contributed by atoms with van der Waals surface area (Å²) in [6, 6.07) is 9.39. The molecular formula is C26H24N8O2. The number of anilines is 1. The predicted molar refractivity (Wildman–Crippen MR) is 134 cm³/mol. The number of aromatic amines is 1. The van der Waals surface area contributed by atoms with Crippen molar-refractivity contribution in [3.05, 3.63) is 77.8 Å². The largest absolute Gasteiger partial charge is 0.493 e. The number of carbonyl (C=O) groups excluding carboxylic acids is 1. The minimum atomic E-state index is -0.105. The van der Waals surface area contributed by atoms with Gasteiger partial charge in [0.15, 0.2) is 0 Å². The van der Waals surface area contributed by atoms with E-state index >= 15 is 0 Å². The molecule has 2 aliphatic rings. The molecule has 0 saturated carbocycles. The number of nitrogens with zero attached hydrogens (tertiary/aromatic N) is 5. The van der Waals surface area contributed by atoms with E-state index in [1.54, 1.807) is 37.1 Å². The summed E-state index contributed by atoms with van der Waals surface area (Å²) in [5, 5.41) is 2.97. The first-order valence-electron chi connectivity index (χ1n) is 11.8. The summed E-state index contributed by atoms with van der Waals surface area (Å²) in [5.41, 5.74) is 12.7. The molecule has 4 aromatic rings. The Balaban J connectivity index is 1.15. The fraction of sp³-hybridized carbons (Fsp3) is 0.231. The number of hydrogen-bond acceptors (Lipinski definition) is 8. The molecule has 1 amide bonds. The minimum absolute atomic E-state index is 0.105. The van der Waals surface area contributed by atoms with Gasteiger partial charge in [0.05, 0.1) is 30.0 Å². The first-order valence-corrected chi connectivity index (χ1v) is 11.8. The number of carbonyl (C=O) groups is 1. The van der Waals surface area contributed by atoms with Crippen LogP contribution in [0.3, 0.4) is 0 Å². The normalized spacial score (nSPS) is 16.0. The SMILES string of the molecule is Nc1nccc(-c2cnc3c(c2)N=C(C2COc4ccc(C(=O)NCCc5cnc[nH]5)cc4C2)C3)n1. The Hall–Kier alpha value is -4.60. The lowest BCUT2D eigenvalue weighted by Crippen LogP contribution is -2.29. The summed E-state index contributed by atoms with van der Waals surface area (Å²) in [6.45, 7) is 1.08. The highest BCUT2D eigenvalue weighted by molar-refractivity contribution is 5.97. The molecule has 2 aliphatic heterocycles. The molecule has 1 atom stereocenters. The number of rotatable bonds is 6. The van der Waals surface area contributed by atoms with Crippen LogP contribution in [0.25, 0.3) is 11.3 Å². The Labute approximate surface area is 207 Å². The molecule has 1 aromatic carbocycles. The third-order valence-corrected chi connectivity index (χ3v) is 6.46. The molecule has 0 fully saturated rings. The second kappa shape index (κ2) is 9.21. The van der Waals surface area contributed by atoms with Crippen LogP contribution in [0.2, 0.25) is 0 Å². The number of imidazole rings is 1. The van der Waals surface area contributed by atoms with E-state index in [-0.39, 0.29) is 17.8 Å². The number of pyridine rings is 1. The average Bonchev–Trinajstić information content (AvgIpc) is 3.57. The van der Waals surface area contributed by atoms with Crippen LogP contribution in [0.4, 0.5) is 11.6 Å². The first kappa shape index (κ1) is 21.9. The molecule has 0 aliphatic carbocycles. The van der Waals surface area contributed by atoms with Crippen molar-refractivity contribution in [2.24, 2.45) is 10.9 Å². The van der Waals surface area contributed by atoms with Crippen LogP contribution in [0.5, 0.6) is 5.75 Å². The molecule has 4 N–H and O–H groups in total. The first-order chi connectivity index (χ1) is 17.6. The second-order valence-corrected chi connectivity index (χ2v) is 8.89. The van der Waals surface area contributed by atoms with Gasteiger partial charge in [-0.2, -0.15) is 0 Å². The van der Waals surface area contributed by atoms with Crippen molar-refractivity contribution in [3.8, 4) is 17.0 Å². The van der Waals surface area contributed by atoms with Crippen molar-refractivity contribution in [3.63, 3.8) is 0 Å². The fourth-order valence-electron chi connectivity index (χ4n) is 4.57. The topological polar surface area (TPSA) is 144 Å². The van der Waals surface area contributed by atoms with Gasteiger partial charge in [-0.3, -0.25) is 14.8 Å². The number of amides is 1. The maximum Gasteiger partial charge on any atom is 0.251 e. The van der Waals surface area contributed by atoms with Gasteiger partial charge in [-0.05, 0) is 42.3 Å². The van der Waals surface area contributed by atoms with E-state index in [2.05, 4.69) is 30.2 Å². The van der Waals surface area contributed by atoms with E-state index in [0.29, 0.717) is 37.3 Å². The Morgan fingerprint density at radius 2 is 2.14 bits per heavy atom. The number of fused-ring (bicyclic) bond motifs is 2. The number of benzene rings is 1. The van der Waals surface area contributed by atoms with E-state index in [1.807, 2.05) is 18.2 Å². The number of H-pyrrole nitrogens is 1. The van der Waals surface area contributed by atoms with Gasteiger partial charge in [-0.1, -0.05) is 0 Å². The zero-order valence-corrected chi connectivity index (χ0v) is 19.4. The van der Waals surface area contributed by atoms with Crippen LogP contribution in [0.1, 0.15) is 27.3 Å². The summed E-state index contributed by atoms with van der Waals surface area (Å²) in [5.74, 6) is 1.05. The third-order valence-electron chi connectivity index (χ3n) is 6.46. The number of ether oxygens (including phenoxy) is 1. The second-order valence-electron chi connectivity index (χ2n) is 8.89. The lowest BCUT2D eigenvalue weighted by atomic mass is 9.90. The molecule has 1 unspecified atom stereocenters. The molecule has 0 spiro atoms. The highest BCUT2D eigenvalue weighted by Crippen LogP contribution is 2.35. The Kier molecular flexibility index (Phi) is 5.61. The molecule has 36 heavy (non-hydrogen) atoms. The van der Waals surface area contributed by atoms with Crippen molar-refractivity contribution < 1.29 is 9.53 Å². The van der Waals surface area contributed by atoms with E-state index in [9.17, 15) is 4.79 Å². The summed E-state index contributed by atoms with van der Waals surface area (Å²) >= 11 is 0. The molecule has 6 rings (SSSR count). The van der Waals surface area contributed by atoms with Crippen molar-refractivity contribution in [2.45, 2.75) is 19.3 Å². The van der Waals surface area contributed by atoms with Crippen LogP contribution < -0.4 is 15.8 Å². The molecule has 0 radical (unpaired) electrons. The van der Waals surface area contributed by atoms with Gasteiger partial charge in [0.1, 0.15) is 5.75 Å². The maximum absolute atomic E-state index is 12.7. The highest BCUT2D eigenvalue weighted by Gasteiger charge is 2.29. The number of aromatic nitrogens is 5. The molecule has 0 saturated heterocycles. The Morgan fingerprint density at radius 3 is 3.00 bits per heavy atom. The van der Waals surface area contributed by atoms with Crippen molar-refractivity contribution >= 4 is 23.3 Å². The molecular weight excluding hydrogens is 456 g/mol. The maximum atomic E-state index is 12.7. The van der Waals surface area contributed by atoms with E-state index in [1.165, 1.54) is 0 Å². The van der Waals surface area contributed by atoms with Gasteiger partial charge in [-0.15, -0.1) is 0 Å². The van der Waals surface area contributed by atoms with Crippen LogP contribution in [0, 0.1) is 5.92 Å². The zero-order valence-electron chi connectivity index (χ0n) is 19.4. The predicted octanol–water partition coefficient (Wildman–Crippen LogP) is 2.70. The van der Waals surface area contributed by atoms with Gasteiger partial charge < -0.3 is 20.8 Å². The summed E-state index contributed by atoms with van der Waals surface area (Å²) in [4.78, 5) is 37.5. The van der Waals surface area contributed by atoms with Gasteiger partial charge in [0, 0.05) is 66.4 Å². The van der Waals surface area contributed by atoms with Crippen LogP contribution >= 0.6 is 0 Å². The van der Waals surface area contributed by atoms with E-state index in [0.717, 1.165) is 46.1 Å². The van der Waals surface area contributed by atoms with Gasteiger partial charge in [0.25, 0.3) is 5.91 Å². The number of nitrogens with one attached hydrogen (secondary N) is 2. The third kappa shape index (κ3) is 4.40. The summed E-state index contributed by atoms with van der Waals surface area (Å²) in [6.07, 6.45) is 8.95. The quantitative estimate of drug-likeness (QED) is 0.385. The monoisotopic (exact) mass is 480 g/mol. The molecule has 5 heterocycles. The average molecular weight is 481 g/mol. The number of nitrogen functional groups attached to an aromatic ring is 1. The van der Waals surface area contributed by atoms with Crippen molar-refractivity contribution in [1.82, 2.24) is 30.2 Å². The molecule has 0 bridgehead atoms. The Bertz CT molecular complexity index is 1460. The Morgan fingerprint density at radius 1 is 1.19 bits per heavy atom. The van der Waals surface area contributed by atoms with Crippen LogP contribution in [0.15, 0.2) is 60.2 Å². The van der Waals surface area contributed by atoms with Gasteiger partial charge in [-0.25, -0.2) is 15.0 Å². The smallest absolute Gasteiger partial charge is 0.251 e. The lowest BCUT2D eigenvalue weighted by Gasteiger charge is -2.25. The molecule has 180 valence electrons. The molecule has 10 heteroatoms. The lowest BCUT2D eigenvalue weighted by molar-refractivity contribution is 0.0954. The molecule has 3 aromatic heterocycles. The summed E-state index contributed by atoms with van der Waals surface area (Å²) < 4.78 is 6.04. The molecule has 10 nitrogen and oxygen atoms in total. The van der Waals surface area contributed by atoms with Crippen LogP contribution in [-0.4, -0.2) is 49.7 Å².